The summed E-state index contributed by atoms with van der Waals surface area (Å²) >= 11 is 0. The van der Waals surface area contributed by atoms with Crippen molar-refractivity contribution in [3.8, 4) is 0 Å². The van der Waals surface area contributed by atoms with Crippen molar-refractivity contribution in [2.45, 2.75) is 19.3 Å². The van der Waals surface area contributed by atoms with Crippen molar-refractivity contribution in [2.75, 3.05) is 26.9 Å². The number of imide groups is 1. The standard InChI is InChI=1S/C11H18N2O5/c1-17-6-5-12-11(16)13-9(14)7-18-10(15)8-3-2-4-8/h8H,2-7H2,1H3,(H2,12,13,14,16). The highest BCUT2D eigenvalue weighted by atomic mass is 16.5. The second-order valence-electron chi connectivity index (χ2n) is 4.03. The van der Waals surface area contributed by atoms with Gasteiger partial charge in [-0.25, -0.2) is 4.79 Å². The molecule has 1 rings (SSSR count). The molecule has 102 valence electrons. The molecule has 1 saturated carbocycles. The van der Waals surface area contributed by atoms with Crippen molar-refractivity contribution < 1.29 is 23.9 Å². The van der Waals surface area contributed by atoms with Crippen molar-refractivity contribution in [1.82, 2.24) is 10.6 Å². The molecule has 0 heterocycles. The van der Waals surface area contributed by atoms with E-state index in [2.05, 4.69) is 5.32 Å². The third-order valence-electron chi connectivity index (χ3n) is 2.63. The van der Waals surface area contributed by atoms with E-state index in [0.29, 0.717) is 13.2 Å². The van der Waals surface area contributed by atoms with Crippen LogP contribution < -0.4 is 10.6 Å². The van der Waals surface area contributed by atoms with Gasteiger partial charge >= 0.3 is 12.0 Å². The molecule has 7 heteroatoms. The van der Waals surface area contributed by atoms with Gasteiger partial charge in [-0.05, 0) is 12.8 Å². The Bertz CT molecular complexity index is 315. The van der Waals surface area contributed by atoms with Gasteiger partial charge in [0, 0.05) is 13.7 Å². The first-order valence-electron chi connectivity index (χ1n) is 5.86. The minimum Gasteiger partial charge on any atom is -0.455 e. The van der Waals surface area contributed by atoms with E-state index in [1.54, 1.807) is 0 Å². The lowest BCUT2D eigenvalue weighted by Crippen LogP contribution is -2.42. The van der Waals surface area contributed by atoms with Crippen LogP contribution in [0.1, 0.15) is 19.3 Å². The number of carbonyl (C=O) groups excluding carboxylic acids is 3. The average Bonchev–Trinajstić information content (AvgIpc) is 2.24. The van der Waals surface area contributed by atoms with Crippen LogP contribution in [0.2, 0.25) is 0 Å². The van der Waals surface area contributed by atoms with Crippen LogP contribution in [0.5, 0.6) is 0 Å². The maximum Gasteiger partial charge on any atom is 0.321 e. The third-order valence-corrected chi connectivity index (χ3v) is 2.63. The molecule has 0 atom stereocenters. The average molecular weight is 258 g/mol. The van der Waals surface area contributed by atoms with Crippen molar-refractivity contribution in [3.05, 3.63) is 0 Å². The van der Waals surface area contributed by atoms with Crippen molar-refractivity contribution in [2.24, 2.45) is 5.92 Å². The zero-order chi connectivity index (χ0) is 13.4. The molecule has 0 aromatic carbocycles. The molecule has 1 aliphatic rings. The molecule has 1 fully saturated rings. The number of amides is 3. The molecule has 0 unspecified atom stereocenters. The Morgan fingerprint density at radius 2 is 2.00 bits per heavy atom. The number of nitrogens with one attached hydrogen (secondary N) is 2. The molecule has 0 radical (unpaired) electrons. The van der Waals surface area contributed by atoms with Gasteiger partial charge in [0.15, 0.2) is 6.61 Å². The van der Waals surface area contributed by atoms with Crippen LogP contribution in [0.3, 0.4) is 0 Å². The maximum absolute atomic E-state index is 11.3. The lowest BCUT2D eigenvalue weighted by Gasteiger charge is -2.22. The van der Waals surface area contributed by atoms with E-state index in [1.165, 1.54) is 7.11 Å². The highest BCUT2D eigenvalue weighted by molar-refractivity contribution is 5.95. The van der Waals surface area contributed by atoms with Crippen LogP contribution in [0, 0.1) is 5.92 Å². The molecule has 0 aromatic rings. The van der Waals surface area contributed by atoms with Crippen LogP contribution in [0.25, 0.3) is 0 Å². The van der Waals surface area contributed by atoms with E-state index >= 15 is 0 Å². The Balaban J connectivity index is 2.08. The first kappa shape index (κ1) is 14.4. The second-order valence-corrected chi connectivity index (χ2v) is 4.03. The number of hydrogen-bond acceptors (Lipinski definition) is 5. The highest BCUT2D eigenvalue weighted by Gasteiger charge is 2.27. The smallest absolute Gasteiger partial charge is 0.321 e. The lowest BCUT2D eigenvalue weighted by atomic mass is 9.86. The molecule has 18 heavy (non-hydrogen) atoms. The normalized spacial score (nSPS) is 14.5. The molecule has 1 aliphatic carbocycles. The minimum absolute atomic E-state index is 0.0756. The van der Waals surface area contributed by atoms with Gasteiger partial charge in [0.2, 0.25) is 0 Å². The van der Waals surface area contributed by atoms with Crippen LogP contribution in [0.4, 0.5) is 4.79 Å². The molecule has 0 aromatic heterocycles. The Labute approximate surface area is 105 Å². The van der Waals surface area contributed by atoms with Gasteiger partial charge < -0.3 is 14.8 Å². The fourth-order valence-electron chi connectivity index (χ4n) is 1.37. The van der Waals surface area contributed by atoms with E-state index < -0.39 is 18.5 Å². The number of methoxy groups -OCH3 is 1. The fraction of sp³-hybridized carbons (Fsp3) is 0.727. The Morgan fingerprint density at radius 1 is 1.28 bits per heavy atom. The summed E-state index contributed by atoms with van der Waals surface area (Å²) in [6, 6.07) is -0.628. The number of carbonyl (C=O) groups is 3. The second kappa shape index (κ2) is 7.65. The molecule has 7 nitrogen and oxygen atoms in total. The van der Waals surface area contributed by atoms with Crippen LogP contribution in [-0.4, -0.2) is 44.8 Å². The zero-order valence-corrected chi connectivity index (χ0v) is 10.4. The third kappa shape index (κ3) is 5.13. The SMILES string of the molecule is COCCNC(=O)NC(=O)COC(=O)C1CCC1. The van der Waals surface area contributed by atoms with Crippen molar-refractivity contribution in [1.29, 1.82) is 0 Å². The fourth-order valence-corrected chi connectivity index (χ4v) is 1.37. The van der Waals surface area contributed by atoms with E-state index in [0.717, 1.165) is 19.3 Å². The summed E-state index contributed by atoms with van der Waals surface area (Å²) in [6.45, 7) is 0.239. The Hall–Kier alpha value is -1.63. The van der Waals surface area contributed by atoms with Crippen molar-refractivity contribution in [3.63, 3.8) is 0 Å². The number of rotatable bonds is 6. The number of hydrogen-bond donors (Lipinski definition) is 2. The monoisotopic (exact) mass is 258 g/mol. The van der Waals surface area contributed by atoms with E-state index in [9.17, 15) is 14.4 Å². The summed E-state index contributed by atoms with van der Waals surface area (Å²) in [6.07, 6.45) is 2.66. The summed E-state index contributed by atoms with van der Waals surface area (Å²) in [5.74, 6) is -1.08. The molecule has 2 N–H and O–H groups in total. The predicted molar refractivity (Wildman–Crippen MR) is 61.7 cm³/mol. The van der Waals surface area contributed by atoms with Gasteiger partial charge in [-0.1, -0.05) is 6.42 Å². The largest absolute Gasteiger partial charge is 0.455 e. The van der Waals surface area contributed by atoms with Gasteiger partial charge in [0.25, 0.3) is 5.91 Å². The summed E-state index contributed by atoms with van der Waals surface area (Å²) in [7, 11) is 1.50. The topological polar surface area (TPSA) is 93.7 Å². The predicted octanol–water partition coefficient (Wildman–Crippen LogP) is -0.198. The first-order valence-corrected chi connectivity index (χ1v) is 5.86. The van der Waals surface area contributed by atoms with E-state index in [-0.39, 0.29) is 11.9 Å². The van der Waals surface area contributed by atoms with Gasteiger partial charge in [-0.15, -0.1) is 0 Å². The van der Waals surface area contributed by atoms with Crippen LogP contribution in [0.15, 0.2) is 0 Å². The zero-order valence-electron chi connectivity index (χ0n) is 10.4. The summed E-state index contributed by atoms with van der Waals surface area (Å²) in [5, 5.41) is 4.46. The van der Waals surface area contributed by atoms with E-state index in [4.69, 9.17) is 9.47 Å². The first-order chi connectivity index (χ1) is 8.63. The molecule has 3 amide bonds. The van der Waals surface area contributed by atoms with Crippen LogP contribution in [-0.2, 0) is 19.1 Å². The van der Waals surface area contributed by atoms with E-state index in [1.807, 2.05) is 5.32 Å². The molecule has 0 saturated heterocycles. The summed E-state index contributed by atoms with van der Waals surface area (Å²) in [5.41, 5.74) is 0. The van der Waals surface area contributed by atoms with Gasteiger partial charge in [-0.3, -0.25) is 14.9 Å². The molecule has 0 spiro atoms. The molecule has 0 aliphatic heterocycles. The lowest BCUT2D eigenvalue weighted by molar-refractivity contribution is -0.154. The molecular weight excluding hydrogens is 240 g/mol. The van der Waals surface area contributed by atoms with Gasteiger partial charge in [0.1, 0.15) is 0 Å². The highest BCUT2D eigenvalue weighted by Crippen LogP contribution is 2.27. The number of esters is 1. The Morgan fingerprint density at radius 3 is 2.56 bits per heavy atom. The quantitative estimate of drug-likeness (QED) is 0.508. The Kier molecular flexibility index (Phi) is 6.13. The van der Waals surface area contributed by atoms with Gasteiger partial charge in [0.05, 0.1) is 12.5 Å². The number of urea groups is 1. The minimum atomic E-state index is -0.641. The van der Waals surface area contributed by atoms with Gasteiger partial charge in [-0.2, -0.15) is 0 Å². The summed E-state index contributed by atoms with van der Waals surface area (Å²) in [4.78, 5) is 33.7. The molecule has 0 bridgehead atoms. The summed E-state index contributed by atoms with van der Waals surface area (Å²) < 4.78 is 9.50. The maximum atomic E-state index is 11.3. The molecular formula is C11H18N2O5. The van der Waals surface area contributed by atoms with Crippen LogP contribution >= 0.6 is 0 Å². The van der Waals surface area contributed by atoms with Crippen molar-refractivity contribution >= 4 is 17.9 Å². The number of ether oxygens (including phenoxy) is 2.